The van der Waals surface area contributed by atoms with Crippen LogP contribution in [0.2, 0.25) is 0 Å². The smallest absolute Gasteiger partial charge is 0.363 e. The molecule has 1 aliphatic rings. The van der Waals surface area contributed by atoms with Gasteiger partial charge in [0, 0.05) is 12.6 Å². The van der Waals surface area contributed by atoms with Crippen LogP contribution in [-0.4, -0.2) is 48.2 Å². The molecule has 0 bridgehead atoms. The molecule has 2 heterocycles. The summed E-state index contributed by atoms with van der Waals surface area (Å²) in [6.45, 7) is 3.61. The van der Waals surface area contributed by atoms with Crippen molar-refractivity contribution in [2.24, 2.45) is 0 Å². The largest absolute Gasteiger partial charge is 0.474 e. The van der Waals surface area contributed by atoms with Gasteiger partial charge in [-0.05, 0) is 12.8 Å². The van der Waals surface area contributed by atoms with E-state index in [1.165, 1.54) is 0 Å². The van der Waals surface area contributed by atoms with Crippen molar-refractivity contribution in [2.75, 3.05) is 26.4 Å². The predicted octanol–water partition coefficient (Wildman–Crippen LogP) is 3.62. The summed E-state index contributed by atoms with van der Waals surface area (Å²) in [6, 6.07) is 0. The number of aromatic amines is 1. The predicted molar refractivity (Wildman–Crippen MR) is 119 cm³/mol. The molecular weight excluding hydrogens is 496 g/mol. The molecule has 0 aliphatic carbocycles. The third-order valence-corrected chi connectivity index (χ3v) is 6.50. The quantitative estimate of drug-likeness (QED) is 0.222. The number of hydrogen-bond donors (Lipinski definition) is 1. The van der Waals surface area contributed by atoms with Crippen molar-refractivity contribution in [1.82, 2.24) is 9.55 Å². The van der Waals surface area contributed by atoms with Crippen molar-refractivity contribution >= 4 is 7.82 Å². The number of nitrogens with one attached hydrogen (secondary N) is 1. The van der Waals surface area contributed by atoms with Gasteiger partial charge in [0.25, 0.3) is 5.56 Å². The molecule has 35 heavy (non-hydrogen) atoms. The second kappa shape index (κ2) is 13.4. The summed E-state index contributed by atoms with van der Waals surface area (Å²) in [5.74, 6) is 2.27. The van der Waals surface area contributed by atoms with Crippen LogP contribution in [-0.2, 0) is 33.8 Å². The summed E-state index contributed by atoms with van der Waals surface area (Å²) in [6.07, 6.45) is 0.350. The second-order valence-electron chi connectivity index (χ2n) is 7.74. The van der Waals surface area contributed by atoms with Gasteiger partial charge in [-0.2, -0.15) is 13.2 Å². The van der Waals surface area contributed by atoms with Gasteiger partial charge in [0.2, 0.25) is 0 Å². The van der Waals surface area contributed by atoms with E-state index in [2.05, 4.69) is 5.92 Å². The molecule has 0 saturated carbocycles. The van der Waals surface area contributed by atoms with Crippen molar-refractivity contribution < 1.29 is 40.8 Å². The fourth-order valence-electron chi connectivity index (χ4n) is 3.17. The van der Waals surface area contributed by atoms with E-state index >= 15 is 0 Å². The fraction of sp³-hybridized carbons (Fsp3) is 0.714. The van der Waals surface area contributed by atoms with Crippen LogP contribution in [0, 0.1) is 12.3 Å². The molecule has 10 nitrogen and oxygen atoms in total. The minimum atomic E-state index is -4.98. The van der Waals surface area contributed by atoms with Crippen molar-refractivity contribution in [1.29, 1.82) is 0 Å². The Balaban J connectivity index is 2.22. The summed E-state index contributed by atoms with van der Waals surface area (Å²) < 4.78 is 80.6. The minimum absolute atomic E-state index is 0.0867. The lowest BCUT2D eigenvalue weighted by molar-refractivity contribution is -0.139. The molecule has 0 aromatic carbocycles. The van der Waals surface area contributed by atoms with Crippen LogP contribution < -0.4 is 11.2 Å². The van der Waals surface area contributed by atoms with E-state index in [4.69, 9.17) is 29.5 Å². The summed E-state index contributed by atoms with van der Waals surface area (Å²) in [5, 5.41) is 0. The number of alkyl halides is 3. The van der Waals surface area contributed by atoms with Gasteiger partial charge in [-0.3, -0.25) is 27.9 Å². The van der Waals surface area contributed by atoms with Gasteiger partial charge in [-0.1, -0.05) is 32.6 Å². The van der Waals surface area contributed by atoms with Crippen LogP contribution in [0.25, 0.3) is 0 Å². The Labute approximate surface area is 200 Å². The van der Waals surface area contributed by atoms with Gasteiger partial charge in [-0.15, -0.1) is 6.42 Å². The molecule has 1 aliphatic heterocycles. The van der Waals surface area contributed by atoms with E-state index < -0.39 is 49.2 Å². The van der Waals surface area contributed by atoms with Crippen LogP contribution in [0.1, 0.15) is 57.7 Å². The molecule has 0 spiro atoms. The monoisotopic (exact) mass is 526 g/mol. The van der Waals surface area contributed by atoms with E-state index in [0.29, 0.717) is 23.6 Å². The number of ether oxygens (including phenoxy) is 2. The Kier molecular flexibility index (Phi) is 11.2. The Hall–Kier alpha value is -1.94. The number of nitrogens with zero attached hydrogens (tertiary/aromatic N) is 1. The normalized spacial score (nSPS) is 20.7. The fourth-order valence-corrected chi connectivity index (χ4v) is 4.43. The van der Waals surface area contributed by atoms with Gasteiger partial charge in [0.1, 0.15) is 24.5 Å². The number of hydrogen-bond acceptors (Lipinski definition) is 8. The molecule has 1 saturated heterocycles. The molecule has 0 unspecified atom stereocenters. The van der Waals surface area contributed by atoms with Crippen molar-refractivity contribution in [3.05, 3.63) is 32.6 Å². The SMILES string of the molecule is C#CCO[C@H]1C[C@H](n2cc(C(F)(F)F)c(=O)[nH]c2=O)O[C@@H]1COP(=O)(OCCCC)OCCCC. The highest BCUT2D eigenvalue weighted by Gasteiger charge is 2.41. The molecule has 198 valence electrons. The highest BCUT2D eigenvalue weighted by atomic mass is 31.2. The Morgan fingerprint density at radius 3 is 2.37 bits per heavy atom. The van der Waals surface area contributed by atoms with E-state index in [-0.39, 0.29) is 32.8 Å². The van der Waals surface area contributed by atoms with Crippen LogP contribution in [0.3, 0.4) is 0 Å². The maximum Gasteiger partial charge on any atom is 0.474 e. The van der Waals surface area contributed by atoms with E-state index in [1.54, 1.807) is 4.98 Å². The lowest BCUT2D eigenvalue weighted by Gasteiger charge is -2.22. The van der Waals surface area contributed by atoms with Crippen LogP contribution in [0.5, 0.6) is 0 Å². The summed E-state index contributed by atoms with van der Waals surface area (Å²) in [7, 11) is -3.96. The van der Waals surface area contributed by atoms with Crippen LogP contribution >= 0.6 is 7.82 Å². The highest BCUT2D eigenvalue weighted by Crippen LogP contribution is 2.50. The molecule has 2 rings (SSSR count). The Morgan fingerprint density at radius 1 is 1.20 bits per heavy atom. The summed E-state index contributed by atoms with van der Waals surface area (Å²) in [4.78, 5) is 25.5. The number of aromatic nitrogens is 2. The Morgan fingerprint density at radius 2 is 1.83 bits per heavy atom. The first-order valence-corrected chi connectivity index (χ1v) is 12.7. The van der Waals surface area contributed by atoms with Gasteiger partial charge in [0.15, 0.2) is 0 Å². The molecule has 3 atom stereocenters. The zero-order valence-corrected chi connectivity index (χ0v) is 20.4. The molecular formula is C21H30F3N2O8P. The number of unbranched alkanes of at least 4 members (excludes halogenated alkanes) is 2. The highest BCUT2D eigenvalue weighted by molar-refractivity contribution is 7.48. The zero-order chi connectivity index (χ0) is 26.1. The zero-order valence-electron chi connectivity index (χ0n) is 19.5. The summed E-state index contributed by atoms with van der Waals surface area (Å²) in [5.41, 5.74) is -4.22. The molecule has 1 aromatic heterocycles. The van der Waals surface area contributed by atoms with Gasteiger partial charge >= 0.3 is 19.7 Å². The number of halogens is 3. The molecule has 0 radical (unpaired) electrons. The van der Waals surface area contributed by atoms with E-state index in [0.717, 1.165) is 12.8 Å². The molecule has 0 amide bonds. The third-order valence-electron chi connectivity index (χ3n) is 5.04. The topological polar surface area (TPSA) is 118 Å². The lowest BCUT2D eigenvalue weighted by Crippen LogP contribution is -2.36. The number of phosphoric acid groups is 1. The average molecular weight is 526 g/mol. The van der Waals surface area contributed by atoms with Crippen molar-refractivity contribution in [3.63, 3.8) is 0 Å². The third kappa shape index (κ3) is 8.59. The average Bonchev–Trinajstić information content (AvgIpc) is 3.18. The minimum Gasteiger partial charge on any atom is -0.363 e. The second-order valence-corrected chi connectivity index (χ2v) is 9.41. The van der Waals surface area contributed by atoms with E-state index in [9.17, 15) is 27.3 Å². The number of H-pyrrole nitrogens is 1. The number of phosphoric ester groups is 1. The summed E-state index contributed by atoms with van der Waals surface area (Å²) >= 11 is 0. The maximum atomic E-state index is 13.2. The molecule has 14 heteroatoms. The van der Waals surface area contributed by atoms with E-state index in [1.807, 2.05) is 13.8 Å². The van der Waals surface area contributed by atoms with Crippen LogP contribution in [0.15, 0.2) is 15.8 Å². The molecule has 1 fully saturated rings. The van der Waals surface area contributed by atoms with Crippen LogP contribution in [0.4, 0.5) is 13.2 Å². The van der Waals surface area contributed by atoms with Crippen molar-refractivity contribution in [3.8, 4) is 12.3 Å². The first kappa shape index (κ1) is 29.3. The molecule has 1 aromatic rings. The Bertz CT molecular complexity index is 1010. The standard InChI is InChI=1S/C21H30F3N2O8P/c1-4-7-10-31-35(29,32-11-8-5-2)33-14-17-16(30-9-6-3)12-18(34-17)26-13-15(21(22,23)24)19(27)25-20(26)28/h3,13,16-18H,4-5,7-12,14H2,1-2H3,(H,25,27,28)/t16-,17+,18+/m0/s1. The lowest BCUT2D eigenvalue weighted by atomic mass is 10.2. The first-order chi connectivity index (χ1) is 16.5. The van der Waals surface area contributed by atoms with Gasteiger partial charge in [0.05, 0.1) is 25.9 Å². The maximum absolute atomic E-state index is 13.2. The van der Waals surface area contributed by atoms with Crippen molar-refractivity contribution in [2.45, 2.75) is 70.6 Å². The van der Waals surface area contributed by atoms with Gasteiger partial charge in [-0.25, -0.2) is 9.36 Å². The molecule has 1 N–H and O–H groups in total. The number of rotatable bonds is 14. The van der Waals surface area contributed by atoms with Gasteiger partial charge < -0.3 is 9.47 Å². The number of terminal acetylenes is 1. The first-order valence-electron chi connectivity index (χ1n) is 11.2.